The van der Waals surface area contributed by atoms with Gasteiger partial charge >= 0.3 is 0 Å². The third-order valence-electron chi connectivity index (χ3n) is 6.64. The molecular weight excluding hydrogens is 463 g/mol. The molecule has 3 aromatic rings. The van der Waals surface area contributed by atoms with Crippen LogP contribution in [-0.4, -0.2) is 64.7 Å². The number of halogens is 1. The minimum absolute atomic E-state index is 0.0118. The van der Waals surface area contributed by atoms with E-state index in [1.807, 2.05) is 29.2 Å². The first-order valence-electron chi connectivity index (χ1n) is 12.1. The van der Waals surface area contributed by atoms with E-state index < -0.39 is 5.82 Å². The van der Waals surface area contributed by atoms with E-state index in [2.05, 4.69) is 20.2 Å². The van der Waals surface area contributed by atoms with Gasteiger partial charge in [0.1, 0.15) is 6.10 Å². The molecule has 4 heterocycles. The largest absolute Gasteiger partial charge is 0.370 e. The van der Waals surface area contributed by atoms with Gasteiger partial charge in [0.2, 0.25) is 11.9 Å². The first-order valence-corrected chi connectivity index (χ1v) is 12.1. The van der Waals surface area contributed by atoms with Gasteiger partial charge in [-0.25, -0.2) is 9.37 Å². The smallest absolute Gasteiger partial charge is 0.255 e. The van der Waals surface area contributed by atoms with Crippen LogP contribution in [0.25, 0.3) is 11.3 Å². The summed E-state index contributed by atoms with van der Waals surface area (Å²) in [7, 11) is 1.65. The second-order valence-electron chi connectivity index (χ2n) is 9.15. The fourth-order valence-electron chi connectivity index (χ4n) is 4.69. The zero-order chi connectivity index (χ0) is 25.1. The average molecular weight is 493 g/mol. The van der Waals surface area contributed by atoms with Gasteiger partial charge < -0.3 is 15.0 Å². The number of morpholine rings is 1. The summed E-state index contributed by atoms with van der Waals surface area (Å²) in [6, 6.07) is 10.5. The molecule has 1 amide bonds. The van der Waals surface area contributed by atoms with Crippen molar-refractivity contribution in [3.8, 4) is 11.3 Å². The third-order valence-corrected chi connectivity index (χ3v) is 6.64. The molecule has 5 rings (SSSR count). The molecule has 0 saturated carbocycles. The van der Waals surface area contributed by atoms with Crippen molar-refractivity contribution in [3.63, 3.8) is 0 Å². The van der Waals surface area contributed by atoms with E-state index in [0.717, 1.165) is 43.4 Å². The number of rotatable bonds is 6. The highest BCUT2D eigenvalue weighted by atomic mass is 19.1. The molecule has 2 saturated heterocycles. The first kappa shape index (κ1) is 24.1. The van der Waals surface area contributed by atoms with Gasteiger partial charge in [-0.1, -0.05) is 12.1 Å². The van der Waals surface area contributed by atoms with Crippen LogP contribution in [0, 0.1) is 5.82 Å². The van der Waals surface area contributed by atoms with Crippen LogP contribution >= 0.6 is 0 Å². The first-order chi connectivity index (χ1) is 17.5. The number of likely N-dealkylation sites (tertiary alicyclic amines) is 1. The molecule has 2 aliphatic heterocycles. The van der Waals surface area contributed by atoms with Crippen molar-refractivity contribution >= 4 is 17.5 Å². The van der Waals surface area contributed by atoms with Crippen molar-refractivity contribution in [3.05, 3.63) is 70.5 Å². The number of hydrogen-bond acceptors (Lipinski definition) is 7. The molecule has 9 nitrogen and oxygen atoms in total. The summed E-state index contributed by atoms with van der Waals surface area (Å²) in [5, 5.41) is 2.96. The van der Waals surface area contributed by atoms with E-state index in [9.17, 15) is 14.0 Å². The molecule has 0 unspecified atom stereocenters. The Labute approximate surface area is 208 Å². The monoisotopic (exact) mass is 492 g/mol. The number of carbonyl (C=O) groups excluding carboxylic acids is 1. The highest BCUT2D eigenvalue weighted by Gasteiger charge is 2.25. The van der Waals surface area contributed by atoms with Crippen LogP contribution in [0.15, 0.2) is 53.6 Å². The lowest BCUT2D eigenvalue weighted by Crippen LogP contribution is -2.41. The minimum atomic E-state index is -0.531. The van der Waals surface area contributed by atoms with Crippen molar-refractivity contribution in [2.75, 3.05) is 49.5 Å². The molecule has 188 valence electrons. The Balaban J connectivity index is 1.30. The van der Waals surface area contributed by atoms with Gasteiger partial charge in [0.15, 0.2) is 5.82 Å². The summed E-state index contributed by atoms with van der Waals surface area (Å²) in [6.45, 7) is 3.83. The number of carbonyl (C=O) groups is 1. The number of ether oxygens (including phenoxy) is 1. The number of aromatic nitrogens is 3. The summed E-state index contributed by atoms with van der Waals surface area (Å²) in [6.07, 6.45) is 4.63. The quantitative estimate of drug-likeness (QED) is 0.566. The summed E-state index contributed by atoms with van der Waals surface area (Å²) < 4.78 is 21.8. The molecule has 36 heavy (non-hydrogen) atoms. The van der Waals surface area contributed by atoms with Crippen LogP contribution in [0.1, 0.15) is 24.5 Å². The van der Waals surface area contributed by atoms with Crippen LogP contribution in [0.3, 0.4) is 0 Å². The van der Waals surface area contributed by atoms with Crippen molar-refractivity contribution in [2.24, 2.45) is 7.05 Å². The molecule has 2 fully saturated rings. The molecule has 0 aliphatic carbocycles. The average Bonchev–Trinajstić information content (AvgIpc) is 3.39. The van der Waals surface area contributed by atoms with Crippen LogP contribution < -0.4 is 15.8 Å². The molecule has 2 aliphatic rings. The van der Waals surface area contributed by atoms with E-state index in [4.69, 9.17) is 4.74 Å². The highest BCUT2D eigenvalue weighted by molar-refractivity contribution is 5.92. The molecular formula is C26H29FN6O3. The number of anilines is 2. The Morgan fingerprint density at radius 3 is 2.69 bits per heavy atom. The van der Waals surface area contributed by atoms with Gasteiger partial charge in [0, 0.05) is 37.1 Å². The number of nitrogens with one attached hydrogen (secondary N) is 1. The number of pyridine rings is 1. The van der Waals surface area contributed by atoms with Gasteiger partial charge in [0.25, 0.3) is 5.56 Å². The van der Waals surface area contributed by atoms with Gasteiger partial charge in [0.05, 0.1) is 31.6 Å². The number of amides is 1. The van der Waals surface area contributed by atoms with E-state index >= 15 is 0 Å². The van der Waals surface area contributed by atoms with E-state index in [-0.39, 0.29) is 28.8 Å². The van der Waals surface area contributed by atoms with Gasteiger partial charge in [-0.05, 0) is 49.7 Å². The second kappa shape index (κ2) is 10.5. The fraction of sp³-hybridized carbons (Fsp3) is 0.385. The lowest BCUT2D eigenvalue weighted by molar-refractivity contribution is -0.117. The zero-order valence-corrected chi connectivity index (χ0v) is 20.2. The van der Waals surface area contributed by atoms with Crippen molar-refractivity contribution in [2.45, 2.75) is 18.9 Å². The summed E-state index contributed by atoms with van der Waals surface area (Å²) in [5.74, 6) is -0.0910. The van der Waals surface area contributed by atoms with E-state index in [1.54, 1.807) is 7.05 Å². The normalized spacial score (nSPS) is 18.4. The van der Waals surface area contributed by atoms with Crippen LogP contribution in [0.2, 0.25) is 0 Å². The topological polar surface area (TPSA) is 92.6 Å². The van der Waals surface area contributed by atoms with Crippen LogP contribution in [0.4, 0.5) is 16.0 Å². The minimum Gasteiger partial charge on any atom is -0.370 e. The molecule has 2 aromatic heterocycles. The molecule has 1 aromatic carbocycles. The Hall–Kier alpha value is -3.63. The van der Waals surface area contributed by atoms with Gasteiger partial charge in [-0.3, -0.25) is 24.0 Å². The number of hydrogen-bond donors (Lipinski definition) is 1. The maximum Gasteiger partial charge on any atom is 0.255 e. The second-order valence-corrected chi connectivity index (χ2v) is 9.15. The summed E-state index contributed by atoms with van der Waals surface area (Å²) >= 11 is 0. The fourth-order valence-corrected chi connectivity index (χ4v) is 4.69. The maximum absolute atomic E-state index is 14.3. The Bertz CT molecular complexity index is 1290. The molecule has 1 atom stereocenters. The third kappa shape index (κ3) is 5.29. The summed E-state index contributed by atoms with van der Waals surface area (Å²) in [4.78, 5) is 37.5. The van der Waals surface area contributed by atoms with Crippen molar-refractivity contribution in [1.29, 1.82) is 0 Å². The predicted molar refractivity (Wildman–Crippen MR) is 134 cm³/mol. The van der Waals surface area contributed by atoms with E-state index in [1.165, 1.54) is 22.9 Å². The molecule has 0 spiro atoms. The molecule has 1 N–H and O–H groups in total. The lowest BCUT2D eigenvalue weighted by Gasteiger charge is -2.34. The van der Waals surface area contributed by atoms with Crippen LogP contribution in [0.5, 0.6) is 0 Å². The highest BCUT2D eigenvalue weighted by Crippen LogP contribution is 2.27. The zero-order valence-electron chi connectivity index (χ0n) is 20.2. The van der Waals surface area contributed by atoms with Gasteiger partial charge in [-0.15, -0.1) is 0 Å². The lowest BCUT2D eigenvalue weighted by atomic mass is 10.1. The number of benzene rings is 1. The van der Waals surface area contributed by atoms with Crippen molar-refractivity contribution in [1.82, 2.24) is 19.4 Å². The maximum atomic E-state index is 14.3. The molecule has 10 heteroatoms. The Morgan fingerprint density at radius 1 is 1.17 bits per heavy atom. The Kier molecular flexibility index (Phi) is 7.06. The van der Waals surface area contributed by atoms with Gasteiger partial charge in [-0.2, -0.15) is 0 Å². The molecule has 0 bridgehead atoms. The standard InChI is InChI=1S/C26H29FN6O3/c1-31-25(35)14-22(20-8-9-28-15-21(20)27)30-26(31)33-12-13-36-23(16-33)18-4-6-19(7-5-18)29-24(34)17-32-10-2-3-11-32/h4-9,14-15,23H,2-3,10-13,16-17H2,1H3,(H,29,34)/t23-/m1/s1. The Morgan fingerprint density at radius 2 is 1.94 bits per heavy atom. The van der Waals surface area contributed by atoms with E-state index in [0.29, 0.717) is 32.2 Å². The number of nitrogens with zero attached hydrogens (tertiary/aromatic N) is 5. The van der Waals surface area contributed by atoms with Crippen LogP contribution in [-0.2, 0) is 16.6 Å². The summed E-state index contributed by atoms with van der Waals surface area (Å²) in [5.41, 5.74) is 1.93. The predicted octanol–water partition coefficient (Wildman–Crippen LogP) is 2.59. The SMILES string of the molecule is Cn1c(N2CCO[C@@H](c3ccc(NC(=O)CN4CCCC4)cc3)C2)nc(-c2ccncc2F)cc1=O. The van der Waals surface area contributed by atoms with Crippen molar-refractivity contribution < 1.29 is 13.9 Å². The molecule has 0 radical (unpaired) electrons.